The summed E-state index contributed by atoms with van der Waals surface area (Å²) in [5.41, 5.74) is -0.370. The number of benzene rings is 1. The zero-order valence-corrected chi connectivity index (χ0v) is 9.22. The maximum atomic E-state index is 11.3. The largest absolute Gasteiger partial charge is 0.478 e. The van der Waals surface area contributed by atoms with E-state index < -0.39 is 17.9 Å². The molecule has 0 aromatic heterocycles. The van der Waals surface area contributed by atoms with Gasteiger partial charge in [0.05, 0.1) is 30.9 Å². The molecule has 0 bridgehead atoms. The number of hydrogen-bond donors (Lipinski definition) is 1. The first-order valence-corrected chi connectivity index (χ1v) is 4.55. The van der Waals surface area contributed by atoms with Crippen LogP contribution in [0.2, 0.25) is 0 Å². The minimum atomic E-state index is -1.32. The third-order valence-corrected chi connectivity index (χ3v) is 2.08. The number of hydrogen-bond acceptors (Lipinski definition) is 5. The van der Waals surface area contributed by atoms with E-state index in [-0.39, 0.29) is 16.7 Å². The highest BCUT2D eigenvalue weighted by atomic mass is 16.5. The molecule has 1 aromatic rings. The molecule has 1 N–H and O–H groups in total. The Balaban J connectivity index is 3.32. The molecule has 0 aliphatic heterocycles. The Bertz CT molecular complexity index is 477. The maximum Gasteiger partial charge on any atom is 0.338 e. The van der Waals surface area contributed by atoms with Gasteiger partial charge in [0.15, 0.2) is 0 Å². The predicted molar refractivity (Wildman–Crippen MR) is 56.1 cm³/mol. The zero-order valence-electron chi connectivity index (χ0n) is 9.22. The minimum Gasteiger partial charge on any atom is -0.478 e. The molecule has 0 saturated carbocycles. The van der Waals surface area contributed by atoms with Crippen LogP contribution in [-0.2, 0) is 9.47 Å². The number of ether oxygens (including phenoxy) is 2. The van der Waals surface area contributed by atoms with E-state index in [0.29, 0.717) is 0 Å². The molecular formula is C11H10O6. The van der Waals surface area contributed by atoms with E-state index in [1.807, 2.05) is 0 Å². The van der Waals surface area contributed by atoms with Gasteiger partial charge in [-0.3, -0.25) is 0 Å². The van der Waals surface area contributed by atoms with Gasteiger partial charge in [0.1, 0.15) is 0 Å². The van der Waals surface area contributed by atoms with Crippen LogP contribution in [0.25, 0.3) is 0 Å². The van der Waals surface area contributed by atoms with Crippen LogP contribution >= 0.6 is 0 Å². The van der Waals surface area contributed by atoms with Gasteiger partial charge >= 0.3 is 17.9 Å². The van der Waals surface area contributed by atoms with E-state index in [1.165, 1.54) is 19.2 Å². The Hall–Kier alpha value is -2.37. The summed E-state index contributed by atoms with van der Waals surface area (Å²) in [6.07, 6.45) is 0. The van der Waals surface area contributed by atoms with Gasteiger partial charge in [-0.1, -0.05) is 0 Å². The summed E-state index contributed by atoms with van der Waals surface area (Å²) < 4.78 is 8.88. The summed E-state index contributed by atoms with van der Waals surface area (Å²) in [4.78, 5) is 33.4. The van der Waals surface area contributed by atoms with Crippen molar-refractivity contribution < 1.29 is 29.0 Å². The van der Waals surface area contributed by atoms with Gasteiger partial charge < -0.3 is 14.6 Å². The fourth-order valence-electron chi connectivity index (χ4n) is 1.25. The molecule has 0 radical (unpaired) electrons. The number of rotatable bonds is 3. The van der Waals surface area contributed by atoms with Crippen molar-refractivity contribution in [2.75, 3.05) is 14.2 Å². The van der Waals surface area contributed by atoms with Gasteiger partial charge in [0, 0.05) is 0 Å². The summed E-state index contributed by atoms with van der Waals surface area (Å²) in [6, 6.07) is 3.58. The molecule has 1 rings (SSSR count). The number of carbonyl (C=O) groups is 3. The van der Waals surface area contributed by atoms with Crippen molar-refractivity contribution in [1.29, 1.82) is 0 Å². The molecule has 0 saturated heterocycles. The van der Waals surface area contributed by atoms with Gasteiger partial charge in [-0.05, 0) is 18.2 Å². The van der Waals surface area contributed by atoms with Crippen LogP contribution in [0.15, 0.2) is 18.2 Å². The smallest absolute Gasteiger partial charge is 0.338 e. The molecule has 0 aliphatic rings. The second-order valence-corrected chi connectivity index (χ2v) is 3.05. The molecule has 0 unspecified atom stereocenters. The van der Waals surface area contributed by atoms with Crippen molar-refractivity contribution in [1.82, 2.24) is 0 Å². The molecule has 0 aliphatic carbocycles. The average Bonchev–Trinajstić information content (AvgIpc) is 2.35. The first-order chi connectivity index (χ1) is 8.01. The number of carboxylic acids is 1. The molecule has 0 heterocycles. The van der Waals surface area contributed by atoms with Crippen LogP contribution in [0.3, 0.4) is 0 Å². The summed E-state index contributed by atoms with van der Waals surface area (Å²) in [6.45, 7) is 0. The molecule has 90 valence electrons. The number of methoxy groups -OCH3 is 2. The third-order valence-electron chi connectivity index (χ3n) is 2.08. The fourth-order valence-corrected chi connectivity index (χ4v) is 1.25. The number of carboxylic acid groups (broad SMARTS) is 1. The Labute approximate surface area is 96.8 Å². The summed E-state index contributed by atoms with van der Waals surface area (Å²) in [5, 5.41) is 8.93. The normalized spacial score (nSPS) is 9.53. The summed E-state index contributed by atoms with van der Waals surface area (Å²) >= 11 is 0. The fraction of sp³-hybridized carbons (Fsp3) is 0.182. The highest BCUT2D eigenvalue weighted by molar-refractivity contribution is 6.04. The quantitative estimate of drug-likeness (QED) is 0.788. The van der Waals surface area contributed by atoms with Crippen LogP contribution in [0.4, 0.5) is 0 Å². The molecule has 0 spiro atoms. The van der Waals surface area contributed by atoms with Crippen molar-refractivity contribution in [2.45, 2.75) is 0 Å². The standard InChI is InChI=1S/C11H10O6/c1-16-10(14)6-3-4-7(11(15)17-2)8(5-6)9(12)13/h3-5H,1-2H3,(H,12,13). The average molecular weight is 238 g/mol. The SMILES string of the molecule is COC(=O)c1ccc(C(=O)OC)c(C(=O)O)c1. The van der Waals surface area contributed by atoms with E-state index in [0.717, 1.165) is 13.2 Å². The number of esters is 2. The highest BCUT2D eigenvalue weighted by Crippen LogP contribution is 2.14. The van der Waals surface area contributed by atoms with Gasteiger partial charge in [0.25, 0.3) is 0 Å². The number of carbonyl (C=O) groups excluding carboxylic acids is 2. The number of aromatic carboxylic acids is 1. The van der Waals surface area contributed by atoms with Crippen LogP contribution in [0.1, 0.15) is 31.1 Å². The van der Waals surface area contributed by atoms with E-state index in [4.69, 9.17) is 5.11 Å². The maximum absolute atomic E-state index is 11.3. The Kier molecular flexibility index (Phi) is 3.82. The Morgan fingerprint density at radius 3 is 2.06 bits per heavy atom. The van der Waals surface area contributed by atoms with Gasteiger partial charge in [-0.25, -0.2) is 14.4 Å². The van der Waals surface area contributed by atoms with Crippen LogP contribution < -0.4 is 0 Å². The second kappa shape index (κ2) is 5.11. The van der Waals surface area contributed by atoms with Gasteiger partial charge in [0.2, 0.25) is 0 Å². The van der Waals surface area contributed by atoms with E-state index >= 15 is 0 Å². The predicted octanol–water partition coefficient (Wildman–Crippen LogP) is 0.958. The van der Waals surface area contributed by atoms with E-state index in [9.17, 15) is 14.4 Å². The first kappa shape index (κ1) is 12.7. The van der Waals surface area contributed by atoms with Crippen molar-refractivity contribution in [3.8, 4) is 0 Å². The van der Waals surface area contributed by atoms with Crippen molar-refractivity contribution in [3.63, 3.8) is 0 Å². The second-order valence-electron chi connectivity index (χ2n) is 3.05. The van der Waals surface area contributed by atoms with Crippen LogP contribution in [0.5, 0.6) is 0 Å². The van der Waals surface area contributed by atoms with Gasteiger partial charge in [-0.15, -0.1) is 0 Å². The Morgan fingerprint density at radius 1 is 1.00 bits per heavy atom. The lowest BCUT2D eigenvalue weighted by atomic mass is 10.0. The van der Waals surface area contributed by atoms with Crippen molar-refractivity contribution in [3.05, 3.63) is 34.9 Å². The summed E-state index contributed by atoms with van der Waals surface area (Å²) in [7, 11) is 2.32. The molecule has 1 aromatic carbocycles. The first-order valence-electron chi connectivity index (χ1n) is 4.55. The molecule has 6 heteroatoms. The monoisotopic (exact) mass is 238 g/mol. The minimum absolute atomic E-state index is 0.0533. The van der Waals surface area contributed by atoms with Crippen molar-refractivity contribution in [2.24, 2.45) is 0 Å². The lowest BCUT2D eigenvalue weighted by Crippen LogP contribution is -2.12. The molecule has 0 fully saturated rings. The van der Waals surface area contributed by atoms with Crippen molar-refractivity contribution >= 4 is 17.9 Å². The topological polar surface area (TPSA) is 89.9 Å². The van der Waals surface area contributed by atoms with E-state index in [1.54, 1.807) is 0 Å². The summed E-state index contributed by atoms with van der Waals surface area (Å²) in [5.74, 6) is -2.78. The Morgan fingerprint density at radius 2 is 1.59 bits per heavy atom. The zero-order chi connectivity index (χ0) is 13.0. The molecule has 0 amide bonds. The van der Waals surface area contributed by atoms with Crippen LogP contribution in [-0.4, -0.2) is 37.2 Å². The van der Waals surface area contributed by atoms with Crippen LogP contribution in [0, 0.1) is 0 Å². The molecule has 17 heavy (non-hydrogen) atoms. The lowest BCUT2D eigenvalue weighted by molar-refractivity contribution is 0.0575. The highest BCUT2D eigenvalue weighted by Gasteiger charge is 2.19. The molecule has 0 atom stereocenters. The lowest BCUT2D eigenvalue weighted by Gasteiger charge is -2.06. The third kappa shape index (κ3) is 2.60. The van der Waals surface area contributed by atoms with Gasteiger partial charge in [-0.2, -0.15) is 0 Å². The van der Waals surface area contributed by atoms with E-state index in [2.05, 4.69) is 9.47 Å². The molecule has 6 nitrogen and oxygen atoms in total. The molecular weight excluding hydrogens is 228 g/mol.